The first-order chi connectivity index (χ1) is 8.88. The van der Waals surface area contributed by atoms with Gasteiger partial charge in [0.05, 0.1) is 5.69 Å². The Bertz CT molecular complexity index is 545. The molecular weight excluding hydrogens is 255 g/mol. The van der Waals surface area contributed by atoms with Gasteiger partial charge in [0.2, 0.25) is 0 Å². The molecule has 100 valence electrons. The van der Waals surface area contributed by atoms with E-state index in [1.807, 2.05) is 6.92 Å². The van der Waals surface area contributed by atoms with Gasteiger partial charge in [-0.2, -0.15) is 13.2 Å². The first-order valence-corrected chi connectivity index (χ1v) is 5.63. The summed E-state index contributed by atoms with van der Waals surface area (Å²) in [7, 11) is 0. The second-order valence-corrected chi connectivity index (χ2v) is 4.19. The quantitative estimate of drug-likeness (QED) is 0.909. The van der Waals surface area contributed by atoms with Crippen molar-refractivity contribution in [3.05, 3.63) is 48.0 Å². The predicted octanol–water partition coefficient (Wildman–Crippen LogP) is 3.18. The van der Waals surface area contributed by atoms with E-state index in [2.05, 4.69) is 9.97 Å². The summed E-state index contributed by atoms with van der Waals surface area (Å²) in [4.78, 5) is 7.56. The van der Waals surface area contributed by atoms with Crippen LogP contribution in [0.25, 0.3) is 11.1 Å². The molecule has 2 aromatic heterocycles. The van der Waals surface area contributed by atoms with Gasteiger partial charge in [0.25, 0.3) is 0 Å². The van der Waals surface area contributed by atoms with Crippen LogP contribution < -0.4 is 5.73 Å². The van der Waals surface area contributed by atoms with Gasteiger partial charge in [-0.1, -0.05) is 12.1 Å². The lowest BCUT2D eigenvalue weighted by atomic mass is 10.1. The van der Waals surface area contributed by atoms with Crippen LogP contribution in [-0.2, 0) is 6.18 Å². The molecule has 0 amide bonds. The maximum Gasteiger partial charge on any atom is 0.433 e. The largest absolute Gasteiger partial charge is 0.433 e. The van der Waals surface area contributed by atoms with E-state index in [1.54, 1.807) is 18.3 Å². The number of aromatic nitrogens is 2. The van der Waals surface area contributed by atoms with E-state index in [0.717, 1.165) is 11.8 Å². The van der Waals surface area contributed by atoms with Crippen molar-refractivity contribution < 1.29 is 13.2 Å². The lowest BCUT2D eigenvalue weighted by Gasteiger charge is -2.08. The third-order valence-corrected chi connectivity index (χ3v) is 2.64. The van der Waals surface area contributed by atoms with Crippen molar-refractivity contribution in [3.8, 4) is 11.1 Å². The Morgan fingerprint density at radius 1 is 1.00 bits per heavy atom. The lowest BCUT2D eigenvalue weighted by molar-refractivity contribution is -0.141. The summed E-state index contributed by atoms with van der Waals surface area (Å²) in [6.07, 6.45) is -1.66. The second kappa shape index (κ2) is 4.97. The number of nitrogens with zero attached hydrogens (tertiary/aromatic N) is 2. The predicted molar refractivity (Wildman–Crippen MR) is 65.1 cm³/mol. The number of hydrogen-bond donors (Lipinski definition) is 1. The van der Waals surface area contributed by atoms with Gasteiger partial charge in [-0.25, -0.2) is 0 Å². The summed E-state index contributed by atoms with van der Waals surface area (Å²) in [5.74, 6) is 0. The molecule has 1 atom stereocenters. The minimum atomic E-state index is -4.42. The Morgan fingerprint density at radius 2 is 1.58 bits per heavy atom. The molecule has 3 nitrogen and oxygen atoms in total. The van der Waals surface area contributed by atoms with Crippen molar-refractivity contribution in [1.82, 2.24) is 9.97 Å². The zero-order chi connectivity index (χ0) is 14.0. The number of hydrogen-bond acceptors (Lipinski definition) is 3. The van der Waals surface area contributed by atoms with E-state index >= 15 is 0 Å². The molecule has 0 saturated heterocycles. The average molecular weight is 267 g/mol. The zero-order valence-electron chi connectivity index (χ0n) is 10.1. The minimum absolute atomic E-state index is 0.181. The molecule has 6 heteroatoms. The first kappa shape index (κ1) is 13.5. The van der Waals surface area contributed by atoms with Crippen molar-refractivity contribution >= 4 is 0 Å². The van der Waals surface area contributed by atoms with Gasteiger partial charge >= 0.3 is 6.18 Å². The fourth-order valence-corrected chi connectivity index (χ4v) is 1.58. The van der Waals surface area contributed by atoms with Crippen LogP contribution in [0.5, 0.6) is 0 Å². The molecule has 2 aromatic rings. The number of alkyl halides is 3. The van der Waals surface area contributed by atoms with Crippen LogP contribution in [0.1, 0.15) is 24.4 Å². The molecule has 0 aliphatic rings. The lowest BCUT2D eigenvalue weighted by Crippen LogP contribution is -2.07. The molecular formula is C13H12F3N3. The maximum absolute atomic E-state index is 12.4. The third kappa shape index (κ3) is 3.08. The third-order valence-electron chi connectivity index (χ3n) is 2.64. The Morgan fingerprint density at radius 3 is 1.95 bits per heavy atom. The van der Waals surface area contributed by atoms with Gasteiger partial charge in [0, 0.05) is 29.6 Å². The van der Waals surface area contributed by atoms with E-state index in [1.165, 1.54) is 12.3 Å². The van der Waals surface area contributed by atoms with E-state index in [4.69, 9.17) is 5.73 Å². The Labute approximate surface area is 108 Å². The molecule has 0 aliphatic carbocycles. The molecule has 2 N–H and O–H groups in total. The first-order valence-electron chi connectivity index (χ1n) is 5.63. The van der Waals surface area contributed by atoms with Crippen LogP contribution in [0.2, 0.25) is 0 Å². The van der Waals surface area contributed by atoms with E-state index in [0.29, 0.717) is 11.1 Å². The van der Waals surface area contributed by atoms with Gasteiger partial charge < -0.3 is 5.73 Å². The maximum atomic E-state index is 12.4. The normalized spacial score (nSPS) is 13.3. The summed E-state index contributed by atoms with van der Waals surface area (Å²) < 4.78 is 37.1. The molecule has 0 unspecified atom stereocenters. The summed E-state index contributed by atoms with van der Waals surface area (Å²) in [5, 5.41) is 0. The average Bonchev–Trinajstić information content (AvgIpc) is 2.38. The highest BCUT2D eigenvalue weighted by atomic mass is 19.4. The summed E-state index contributed by atoms with van der Waals surface area (Å²) in [6, 6.07) is 5.65. The highest BCUT2D eigenvalue weighted by molar-refractivity contribution is 5.61. The van der Waals surface area contributed by atoms with Crippen molar-refractivity contribution in [2.24, 2.45) is 5.73 Å². The van der Waals surface area contributed by atoms with E-state index < -0.39 is 11.9 Å². The van der Waals surface area contributed by atoms with Crippen molar-refractivity contribution in [1.29, 1.82) is 0 Å². The van der Waals surface area contributed by atoms with Gasteiger partial charge in [0.15, 0.2) is 0 Å². The van der Waals surface area contributed by atoms with Crippen LogP contribution >= 0.6 is 0 Å². The van der Waals surface area contributed by atoms with E-state index in [-0.39, 0.29) is 6.04 Å². The fourth-order valence-electron chi connectivity index (χ4n) is 1.58. The van der Waals surface area contributed by atoms with Gasteiger partial charge in [-0.05, 0) is 19.1 Å². The highest BCUT2D eigenvalue weighted by Gasteiger charge is 2.32. The number of pyridine rings is 2. The SMILES string of the molecule is C[C@H](N)c1ccc(-c2ccc(C(F)(F)F)nc2)cn1. The Kier molecular flexibility index (Phi) is 3.53. The summed E-state index contributed by atoms with van der Waals surface area (Å²) in [6.45, 7) is 1.81. The topological polar surface area (TPSA) is 51.8 Å². The zero-order valence-corrected chi connectivity index (χ0v) is 10.1. The molecule has 2 rings (SSSR count). The van der Waals surface area contributed by atoms with Crippen LogP contribution in [0, 0.1) is 0 Å². The van der Waals surface area contributed by atoms with Crippen LogP contribution in [0.4, 0.5) is 13.2 Å². The van der Waals surface area contributed by atoms with Gasteiger partial charge in [0.1, 0.15) is 5.69 Å². The molecule has 0 bridgehead atoms. The molecule has 0 aromatic carbocycles. The van der Waals surface area contributed by atoms with Crippen molar-refractivity contribution in [3.63, 3.8) is 0 Å². The smallest absolute Gasteiger partial charge is 0.323 e. The van der Waals surface area contributed by atoms with Crippen molar-refractivity contribution in [2.75, 3.05) is 0 Å². The number of rotatable bonds is 2. The molecule has 19 heavy (non-hydrogen) atoms. The van der Waals surface area contributed by atoms with Crippen LogP contribution in [0.3, 0.4) is 0 Å². The van der Waals surface area contributed by atoms with Crippen molar-refractivity contribution in [2.45, 2.75) is 19.1 Å². The van der Waals surface area contributed by atoms with Gasteiger partial charge in [-0.3, -0.25) is 9.97 Å². The van der Waals surface area contributed by atoms with Gasteiger partial charge in [-0.15, -0.1) is 0 Å². The summed E-state index contributed by atoms with van der Waals surface area (Å²) >= 11 is 0. The molecule has 0 spiro atoms. The second-order valence-electron chi connectivity index (χ2n) is 4.19. The highest BCUT2D eigenvalue weighted by Crippen LogP contribution is 2.28. The van der Waals surface area contributed by atoms with E-state index in [9.17, 15) is 13.2 Å². The molecule has 0 fully saturated rings. The Balaban J connectivity index is 2.27. The van der Waals surface area contributed by atoms with Crippen LogP contribution in [-0.4, -0.2) is 9.97 Å². The Hall–Kier alpha value is -1.95. The molecule has 0 aliphatic heterocycles. The summed E-state index contributed by atoms with van der Waals surface area (Å²) in [5.41, 5.74) is 6.77. The molecule has 0 saturated carbocycles. The number of nitrogens with two attached hydrogens (primary N) is 1. The molecule has 0 radical (unpaired) electrons. The van der Waals surface area contributed by atoms with Crippen LogP contribution in [0.15, 0.2) is 36.7 Å². The minimum Gasteiger partial charge on any atom is -0.323 e. The fraction of sp³-hybridized carbons (Fsp3) is 0.231. The monoisotopic (exact) mass is 267 g/mol. The standard InChI is InChI=1S/C13H12F3N3/c1-8(17)11-4-2-9(6-18-11)10-3-5-12(19-7-10)13(14,15)16/h2-8H,17H2,1H3/t8-/m0/s1. The number of halogens is 3. The molecule has 2 heterocycles.